The summed E-state index contributed by atoms with van der Waals surface area (Å²) in [6, 6.07) is 13.5. The maximum Gasteiger partial charge on any atom is 0.168 e. The molecule has 86 valence electrons. The van der Waals surface area contributed by atoms with Crippen molar-refractivity contribution in [2.45, 2.75) is 0 Å². The third kappa shape index (κ3) is 2.50. The number of aromatic nitrogens is 1. The standard InChI is InChI=1S/C14H14N2O/c1-16(2)13-8-6-11(7-9-13)14-5-3-4-12(10-17)15-14/h3-10H,1-2H3. The van der Waals surface area contributed by atoms with Crippen LogP contribution in [0.2, 0.25) is 0 Å². The molecule has 3 nitrogen and oxygen atoms in total. The molecule has 1 aromatic carbocycles. The minimum Gasteiger partial charge on any atom is -0.378 e. The van der Waals surface area contributed by atoms with E-state index < -0.39 is 0 Å². The molecule has 0 atom stereocenters. The van der Waals surface area contributed by atoms with Crippen molar-refractivity contribution in [1.29, 1.82) is 0 Å². The van der Waals surface area contributed by atoms with E-state index in [0.717, 1.165) is 23.2 Å². The molecule has 0 amide bonds. The largest absolute Gasteiger partial charge is 0.378 e. The monoisotopic (exact) mass is 226 g/mol. The minimum atomic E-state index is 0.458. The molecule has 1 aromatic heterocycles. The van der Waals surface area contributed by atoms with Crippen molar-refractivity contribution in [2.75, 3.05) is 19.0 Å². The number of rotatable bonds is 3. The highest BCUT2D eigenvalue weighted by Gasteiger charge is 2.01. The zero-order valence-electron chi connectivity index (χ0n) is 9.92. The predicted molar refractivity (Wildman–Crippen MR) is 69.4 cm³/mol. The van der Waals surface area contributed by atoms with Crippen molar-refractivity contribution in [3.8, 4) is 11.3 Å². The second kappa shape index (κ2) is 4.78. The number of hydrogen-bond donors (Lipinski definition) is 0. The normalized spacial score (nSPS) is 10.0. The van der Waals surface area contributed by atoms with E-state index in [1.54, 1.807) is 6.07 Å². The lowest BCUT2D eigenvalue weighted by Crippen LogP contribution is -2.07. The van der Waals surface area contributed by atoms with Crippen LogP contribution in [0.1, 0.15) is 10.5 Å². The Bertz CT molecular complexity index is 518. The van der Waals surface area contributed by atoms with E-state index in [1.165, 1.54) is 0 Å². The van der Waals surface area contributed by atoms with Gasteiger partial charge in [-0.1, -0.05) is 18.2 Å². The lowest BCUT2D eigenvalue weighted by Gasteiger charge is -2.12. The van der Waals surface area contributed by atoms with E-state index in [2.05, 4.69) is 4.98 Å². The van der Waals surface area contributed by atoms with Gasteiger partial charge in [-0.2, -0.15) is 0 Å². The van der Waals surface area contributed by atoms with Crippen molar-refractivity contribution in [3.05, 3.63) is 48.2 Å². The van der Waals surface area contributed by atoms with Crippen molar-refractivity contribution in [1.82, 2.24) is 4.98 Å². The van der Waals surface area contributed by atoms with Crippen LogP contribution in [0.15, 0.2) is 42.5 Å². The fraction of sp³-hybridized carbons (Fsp3) is 0.143. The smallest absolute Gasteiger partial charge is 0.168 e. The average Bonchev–Trinajstić information content (AvgIpc) is 2.39. The molecule has 0 aliphatic heterocycles. The summed E-state index contributed by atoms with van der Waals surface area (Å²) in [4.78, 5) is 17.0. The zero-order chi connectivity index (χ0) is 12.3. The van der Waals surface area contributed by atoms with Crippen molar-refractivity contribution < 1.29 is 4.79 Å². The molecule has 0 aliphatic rings. The van der Waals surface area contributed by atoms with E-state index >= 15 is 0 Å². The van der Waals surface area contributed by atoms with E-state index in [4.69, 9.17) is 0 Å². The van der Waals surface area contributed by atoms with Gasteiger partial charge in [-0.25, -0.2) is 4.98 Å². The Balaban J connectivity index is 2.36. The Morgan fingerprint density at radius 1 is 1.06 bits per heavy atom. The molecule has 0 fully saturated rings. The van der Waals surface area contributed by atoms with Gasteiger partial charge in [0.25, 0.3) is 0 Å². The fourth-order valence-corrected chi connectivity index (χ4v) is 1.61. The molecule has 0 N–H and O–H groups in total. The van der Waals surface area contributed by atoms with Crippen LogP contribution >= 0.6 is 0 Å². The molecule has 17 heavy (non-hydrogen) atoms. The number of hydrogen-bond acceptors (Lipinski definition) is 3. The molecular weight excluding hydrogens is 212 g/mol. The molecule has 0 radical (unpaired) electrons. The fourth-order valence-electron chi connectivity index (χ4n) is 1.61. The number of aldehydes is 1. The van der Waals surface area contributed by atoms with Crippen LogP contribution in [0.5, 0.6) is 0 Å². The summed E-state index contributed by atoms with van der Waals surface area (Å²) in [5, 5.41) is 0. The zero-order valence-corrected chi connectivity index (χ0v) is 9.92. The Hall–Kier alpha value is -2.16. The molecule has 1 heterocycles. The Labute approximate surface area is 101 Å². The summed E-state index contributed by atoms with van der Waals surface area (Å²) in [6.07, 6.45) is 0.762. The van der Waals surface area contributed by atoms with Gasteiger partial charge in [0.2, 0.25) is 0 Å². The van der Waals surface area contributed by atoms with Crippen LogP contribution in [0.3, 0.4) is 0 Å². The highest BCUT2D eigenvalue weighted by molar-refractivity contribution is 5.74. The summed E-state index contributed by atoms with van der Waals surface area (Å²) in [5.41, 5.74) is 3.43. The van der Waals surface area contributed by atoms with E-state index in [0.29, 0.717) is 5.69 Å². The van der Waals surface area contributed by atoms with E-state index in [-0.39, 0.29) is 0 Å². The maximum atomic E-state index is 10.7. The minimum absolute atomic E-state index is 0.458. The molecule has 0 bridgehead atoms. The van der Waals surface area contributed by atoms with Crippen LogP contribution in [0, 0.1) is 0 Å². The number of carbonyl (C=O) groups excluding carboxylic acids is 1. The SMILES string of the molecule is CN(C)c1ccc(-c2cccc(C=O)n2)cc1. The van der Waals surface area contributed by atoms with Gasteiger partial charge in [-0.15, -0.1) is 0 Å². The first-order chi connectivity index (χ1) is 8.20. The first-order valence-electron chi connectivity index (χ1n) is 5.41. The van der Waals surface area contributed by atoms with Crippen LogP contribution in [-0.4, -0.2) is 25.4 Å². The molecule has 3 heteroatoms. The van der Waals surface area contributed by atoms with Gasteiger partial charge >= 0.3 is 0 Å². The van der Waals surface area contributed by atoms with Crippen molar-refractivity contribution in [3.63, 3.8) is 0 Å². The Kier molecular flexibility index (Phi) is 3.19. The summed E-state index contributed by atoms with van der Waals surface area (Å²) in [6.45, 7) is 0. The number of anilines is 1. The van der Waals surface area contributed by atoms with Gasteiger partial charge in [-0.05, 0) is 24.3 Å². The van der Waals surface area contributed by atoms with Gasteiger partial charge in [0, 0.05) is 25.3 Å². The number of carbonyl (C=O) groups is 1. The lowest BCUT2D eigenvalue weighted by atomic mass is 10.1. The maximum absolute atomic E-state index is 10.7. The first-order valence-corrected chi connectivity index (χ1v) is 5.41. The Morgan fingerprint density at radius 3 is 2.35 bits per heavy atom. The number of pyridine rings is 1. The topological polar surface area (TPSA) is 33.2 Å². The van der Waals surface area contributed by atoms with Gasteiger partial charge in [0.1, 0.15) is 5.69 Å². The van der Waals surface area contributed by atoms with E-state index in [9.17, 15) is 4.79 Å². The third-order valence-electron chi connectivity index (χ3n) is 2.57. The number of nitrogens with zero attached hydrogens (tertiary/aromatic N) is 2. The second-order valence-corrected chi connectivity index (χ2v) is 4.01. The number of benzene rings is 1. The molecular formula is C14H14N2O. The lowest BCUT2D eigenvalue weighted by molar-refractivity contribution is 0.111. The predicted octanol–water partition coefficient (Wildman–Crippen LogP) is 2.63. The molecule has 0 aliphatic carbocycles. The summed E-state index contributed by atoms with van der Waals surface area (Å²) in [5.74, 6) is 0. The molecule has 0 saturated carbocycles. The van der Waals surface area contributed by atoms with E-state index in [1.807, 2.05) is 55.4 Å². The van der Waals surface area contributed by atoms with Crippen LogP contribution in [0.25, 0.3) is 11.3 Å². The average molecular weight is 226 g/mol. The summed E-state index contributed by atoms with van der Waals surface area (Å²) >= 11 is 0. The second-order valence-electron chi connectivity index (χ2n) is 4.01. The summed E-state index contributed by atoms with van der Waals surface area (Å²) < 4.78 is 0. The van der Waals surface area contributed by atoms with Crippen LogP contribution in [-0.2, 0) is 0 Å². The highest BCUT2D eigenvalue weighted by Crippen LogP contribution is 2.20. The van der Waals surface area contributed by atoms with Gasteiger partial charge in [0.15, 0.2) is 6.29 Å². The molecule has 2 rings (SSSR count). The van der Waals surface area contributed by atoms with Crippen LogP contribution < -0.4 is 4.90 Å². The van der Waals surface area contributed by atoms with Gasteiger partial charge in [-0.3, -0.25) is 4.79 Å². The first kappa shape index (κ1) is 11.3. The van der Waals surface area contributed by atoms with Gasteiger partial charge < -0.3 is 4.90 Å². The summed E-state index contributed by atoms with van der Waals surface area (Å²) in [7, 11) is 4.00. The molecule has 0 unspecified atom stereocenters. The highest BCUT2D eigenvalue weighted by atomic mass is 16.1. The molecule has 0 saturated heterocycles. The van der Waals surface area contributed by atoms with Crippen molar-refractivity contribution in [2.24, 2.45) is 0 Å². The molecule has 0 spiro atoms. The third-order valence-corrected chi connectivity index (χ3v) is 2.57. The quantitative estimate of drug-likeness (QED) is 0.754. The van der Waals surface area contributed by atoms with Crippen molar-refractivity contribution >= 4 is 12.0 Å². The Morgan fingerprint density at radius 2 is 1.76 bits per heavy atom. The van der Waals surface area contributed by atoms with Gasteiger partial charge in [0.05, 0.1) is 5.69 Å². The molecule has 2 aromatic rings. The van der Waals surface area contributed by atoms with Crippen LogP contribution in [0.4, 0.5) is 5.69 Å².